The largest absolute Gasteiger partial charge is 0.440 e. The van der Waals surface area contributed by atoms with Crippen LogP contribution in [0.5, 0.6) is 0 Å². The van der Waals surface area contributed by atoms with Crippen LogP contribution in [0.2, 0.25) is 0 Å². The molecule has 68 valence electrons. The average Bonchev–Trinajstić information content (AvgIpc) is 2.66. The Morgan fingerprint density at radius 2 is 1.93 bits per heavy atom. The molecule has 0 amide bonds. The molecule has 0 aliphatic rings. The van der Waals surface area contributed by atoms with Crippen molar-refractivity contribution in [3.8, 4) is 0 Å². The highest BCUT2D eigenvalue weighted by Crippen LogP contribution is 2.12. The van der Waals surface area contributed by atoms with Gasteiger partial charge in [-0.15, -0.1) is 0 Å². The molecule has 0 unspecified atom stereocenters. The highest BCUT2D eigenvalue weighted by Gasteiger charge is 2.04. The Bertz CT molecular complexity index is 663. The van der Waals surface area contributed by atoms with E-state index in [0.717, 1.165) is 0 Å². The second-order valence-electron chi connectivity index (χ2n) is 3.12. The second kappa shape index (κ2) is 2.48. The van der Waals surface area contributed by atoms with Gasteiger partial charge in [0, 0.05) is 12.3 Å². The lowest BCUT2D eigenvalue weighted by Gasteiger charge is -1.97. The Labute approximate surface area is 79.2 Å². The molecule has 2 heterocycles. The molecule has 3 nitrogen and oxygen atoms in total. The van der Waals surface area contributed by atoms with Crippen LogP contribution in [0, 0.1) is 0 Å². The highest BCUT2D eigenvalue weighted by molar-refractivity contribution is 5.76. The van der Waals surface area contributed by atoms with Crippen LogP contribution in [-0.2, 0) is 0 Å². The summed E-state index contributed by atoms with van der Waals surface area (Å²) in [5.74, 6) is 0. The molecular weight excluding hydrogens is 178 g/mol. The van der Waals surface area contributed by atoms with Crippen molar-refractivity contribution in [1.82, 2.24) is 4.40 Å². The number of rotatable bonds is 0. The van der Waals surface area contributed by atoms with Crippen molar-refractivity contribution in [2.24, 2.45) is 0 Å². The van der Waals surface area contributed by atoms with Crippen LogP contribution in [0.4, 0.5) is 0 Å². The van der Waals surface area contributed by atoms with Gasteiger partial charge in [0.25, 0.3) is 5.56 Å². The molecule has 0 aliphatic carbocycles. The first-order chi connectivity index (χ1) is 6.86. The van der Waals surface area contributed by atoms with Gasteiger partial charge in [-0.2, -0.15) is 0 Å². The zero-order valence-corrected chi connectivity index (χ0v) is 7.31. The third-order valence-corrected chi connectivity index (χ3v) is 2.26. The summed E-state index contributed by atoms with van der Waals surface area (Å²) in [4.78, 5) is 11.9. The number of fused-ring (bicyclic) bond motifs is 2. The van der Waals surface area contributed by atoms with Crippen molar-refractivity contribution in [3.05, 3.63) is 52.9 Å². The zero-order valence-electron chi connectivity index (χ0n) is 7.31. The van der Waals surface area contributed by atoms with E-state index in [-0.39, 0.29) is 5.56 Å². The molecule has 3 rings (SSSR count). The van der Waals surface area contributed by atoms with E-state index in [1.165, 1.54) is 4.40 Å². The molecule has 0 fully saturated rings. The Kier molecular flexibility index (Phi) is 1.31. The van der Waals surface area contributed by atoms with Crippen molar-refractivity contribution in [1.29, 1.82) is 0 Å². The summed E-state index contributed by atoms with van der Waals surface area (Å²) in [5, 5.41) is 0.608. The summed E-state index contributed by atoms with van der Waals surface area (Å²) >= 11 is 0. The van der Waals surface area contributed by atoms with Gasteiger partial charge in [0.2, 0.25) is 5.71 Å². The van der Waals surface area contributed by atoms with Gasteiger partial charge in [-0.3, -0.25) is 9.20 Å². The van der Waals surface area contributed by atoms with E-state index in [2.05, 4.69) is 0 Å². The summed E-state index contributed by atoms with van der Waals surface area (Å²) in [5.41, 5.74) is 1.17. The second-order valence-corrected chi connectivity index (χ2v) is 3.12. The maximum Gasteiger partial charge on any atom is 0.268 e. The topological polar surface area (TPSA) is 34.6 Å². The first kappa shape index (κ1) is 7.38. The van der Waals surface area contributed by atoms with Gasteiger partial charge in [0.1, 0.15) is 5.58 Å². The molecule has 2 aromatic heterocycles. The molecule has 0 saturated heterocycles. The summed E-state index contributed by atoms with van der Waals surface area (Å²) in [6.45, 7) is 0. The molecule has 3 aromatic rings. The molecule has 0 radical (unpaired) electrons. The Hall–Kier alpha value is -2.03. The fourth-order valence-electron chi connectivity index (χ4n) is 1.59. The van der Waals surface area contributed by atoms with E-state index in [9.17, 15) is 4.79 Å². The van der Waals surface area contributed by atoms with Crippen LogP contribution >= 0.6 is 0 Å². The predicted octanol–water partition coefficient (Wildman–Crippen LogP) is 2.05. The van der Waals surface area contributed by atoms with Gasteiger partial charge in [0.15, 0.2) is 0 Å². The summed E-state index contributed by atoms with van der Waals surface area (Å²) in [6.07, 6.45) is 1.70. The van der Waals surface area contributed by atoms with Gasteiger partial charge in [-0.25, -0.2) is 0 Å². The lowest BCUT2D eigenvalue weighted by molar-refractivity contribution is 0.628. The molecule has 0 spiro atoms. The van der Waals surface area contributed by atoms with Crippen LogP contribution in [-0.4, -0.2) is 4.40 Å². The zero-order chi connectivity index (χ0) is 9.54. The third-order valence-electron chi connectivity index (χ3n) is 2.26. The standard InChI is InChI=1S/C11H7NO2/c13-11-8-4-1-2-5-9(8)14-10-6-3-7-12(10)11/h1-7H. The number of hydrogen-bond donors (Lipinski definition) is 0. The minimum atomic E-state index is -0.0353. The van der Waals surface area contributed by atoms with Crippen molar-refractivity contribution < 1.29 is 4.42 Å². The van der Waals surface area contributed by atoms with Gasteiger partial charge < -0.3 is 4.42 Å². The Balaban J connectivity index is 2.70. The Morgan fingerprint density at radius 3 is 2.86 bits per heavy atom. The van der Waals surface area contributed by atoms with Crippen LogP contribution in [0.1, 0.15) is 0 Å². The lowest BCUT2D eigenvalue weighted by Crippen LogP contribution is -2.10. The maximum absolute atomic E-state index is 11.9. The molecule has 0 N–H and O–H groups in total. The minimum absolute atomic E-state index is 0.0353. The van der Waals surface area contributed by atoms with E-state index >= 15 is 0 Å². The summed E-state index contributed by atoms with van der Waals surface area (Å²) in [7, 11) is 0. The maximum atomic E-state index is 11.9. The number of benzene rings is 1. The third kappa shape index (κ3) is 0.836. The molecule has 0 aliphatic heterocycles. The van der Waals surface area contributed by atoms with E-state index in [0.29, 0.717) is 16.7 Å². The molecule has 3 heteroatoms. The molecule has 0 saturated carbocycles. The Morgan fingerprint density at radius 1 is 1.07 bits per heavy atom. The highest BCUT2D eigenvalue weighted by atomic mass is 16.3. The molecule has 0 atom stereocenters. The van der Waals surface area contributed by atoms with Crippen LogP contribution in [0.15, 0.2) is 51.8 Å². The van der Waals surface area contributed by atoms with Crippen molar-refractivity contribution in [2.75, 3.05) is 0 Å². The molecule has 14 heavy (non-hydrogen) atoms. The lowest BCUT2D eigenvalue weighted by atomic mass is 10.2. The van der Waals surface area contributed by atoms with Crippen molar-refractivity contribution >= 4 is 16.7 Å². The van der Waals surface area contributed by atoms with E-state index in [4.69, 9.17) is 4.42 Å². The fraction of sp³-hybridized carbons (Fsp3) is 0. The first-order valence-electron chi connectivity index (χ1n) is 4.35. The monoisotopic (exact) mass is 185 g/mol. The van der Waals surface area contributed by atoms with Crippen LogP contribution in [0.3, 0.4) is 0 Å². The molecule has 0 bridgehead atoms. The number of aromatic nitrogens is 1. The SMILES string of the molecule is O=c1c2ccccc2oc2cccn12. The smallest absolute Gasteiger partial charge is 0.268 e. The number of para-hydroxylation sites is 1. The van der Waals surface area contributed by atoms with Gasteiger partial charge in [0.05, 0.1) is 5.39 Å². The van der Waals surface area contributed by atoms with E-state index in [1.807, 2.05) is 12.1 Å². The van der Waals surface area contributed by atoms with Crippen molar-refractivity contribution in [3.63, 3.8) is 0 Å². The fourth-order valence-corrected chi connectivity index (χ4v) is 1.59. The van der Waals surface area contributed by atoms with Gasteiger partial charge in [-0.05, 0) is 18.2 Å². The first-order valence-corrected chi connectivity index (χ1v) is 4.35. The number of hydrogen-bond acceptors (Lipinski definition) is 2. The normalized spacial score (nSPS) is 11.1. The predicted molar refractivity (Wildman–Crippen MR) is 53.4 cm³/mol. The van der Waals surface area contributed by atoms with Gasteiger partial charge in [-0.1, -0.05) is 12.1 Å². The number of nitrogens with zero attached hydrogens (tertiary/aromatic N) is 1. The van der Waals surface area contributed by atoms with Crippen molar-refractivity contribution in [2.45, 2.75) is 0 Å². The van der Waals surface area contributed by atoms with Crippen LogP contribution in [0.25, 0.3) is 16.7 Å². The quantitative estimate of drug-likeness (QED) is 0.537. The summed E-state index contributed by atoms with van der Waals surface area (Å²) < 4.78 is 7.03. The minimum Gasteiger partial charge on any atom is -0.440 e. The van der Waals surface area contributed by atoms with E-state index < -0.39 is 0 Å². The summed E-state index contributed by atoms with van der Waals surface area (Å²) in [6, 6.07) is 10.8. The van der Waals surface area contributed by atoms with E-state index in [1.54, 1.807) is 30.5 Å². The average molecular weight is 185 g/mol. The molecule has 1 aromatic carbocycles. The van der Waals surface area contributed by atoms with Gasteiger partial charge >= 0.3 is 0 Å². The van der Waals surface area contributed by atoms with Crippen LogP contribution < -0.4 is 5.56 Å². The molecular formula is C11H7NO2.